The quantitative estimate of drug-likeness (QED) is 0.517. The molecule has 0 rings (SSSR count). The van der Waals surface area contributed by atoms with Gasteiger partial charge in [-0.05, 0) is 0 Å². The molecule has 1 N–H and O–H groups in total. The average Bonchev–Trinajstić information content (AvgIpc) is 1.41. The van der Waals surface area contributed by atoms with Crippen LogP contribution in [-0.2, 0) is 0 Å². The number of carbonyl (C=O) groups is 1. The third kappa shape index (κ3) is 220000. The molecule has 3 radical (unpaired) electrons. The summed E-state index contributed by atoms with van der Waals surface area (Å²) in [5.74, 6) is 0. The van der Waals surface area contributed by atoms with Gasteiger partial charge in [-0.1, -0.05) is 13.8 Å². The molecule has 0 aromatic heterocycles. The van der Waals surface area contributed by atoms with Gasteiger partial charge in [0.2, 0.25) is 0 Å². The van der Waals surface area contributed by atoms with Crippen molar-refractivity contribution in [2.45, 2.75) is 13.8 Å². The van der Waals surface area contributed by atoms with Crippen molar-refractivity contribution in [2.75, 3.05) is 0 Å². The first-order valence-corrected chi connectivity index (χ1v) is 2.73. The Labute approximate surface area is 45.8 Å². The van der Waals surface area contributed by atoms with Gasteiger partial charge in [-0.2, -0.15) is 0 Å². The summed E-state index contributed by atoms with van der Waals surface area (Å²) in [7, 11) is 0. The van der Waals surface area contributed by atoms with Crippen LogP contribution < -0.4 is 0 Å². The Bertz CT molecular complexity index is 31.8. The molecule has 0 spiro atoms. The van der Waals surface area contributed by atoms with Crippen LogP contribution >= 0.6 is 0 Å². The zero-order valence-corrected chi connectivity index (χ0v) is 5.95. The van der Waals surface area contributed by atoms with Crippen LogP contribution in [0.25, 0.3) is 0 Å². The first kappa shape index (κ1) is 9.38. The molecule has 2 nitrogen and oxygen atoms in total. The molecule has 0 aromatic rings. The van der Waals surface area contributed by atoms with E-state index in [-0.39, 0.29) is 0 Å². The van der Waals surface area contributed by atoms with E-state index in [9.17, 15) is 0 Å². The monoisotopic (exact) mass is 149 g/mol. The van der Waals surface area contributed by atoms with Crippen LogP contribution in [0.15, 0.2) is 0 Å². The van der Waals surface area contributed by atoms with E-state index in [0.29, 0.717) is 0 Å². The van der Waals surface area contributed by atoms with Gasteiger partial charge >= 0.3 is 31.2 Å². The van der Waals surface area contributed by atoms with E-state index >= 15 is 0 Å². The van der Waals surface area contributed by atoms with Gasteiger partial charge in [0.1, 0.15) is 0 Å². The maximum atomic E-state index is 9.00. The Morgan fingerprint density at radius 3 is 1.67 bits per heavy atom. The minimum absolute atomic E-state index is 0.833. The summed E-state index contributed by atoms with van der Waals surface area (Å²) in [6.45, 7) is 4.00. The molecule has 0 aromatic carbocycles. The summed E-state index contributed by atoms with van der Waals surface area (Å²) in [5, 5.41) is 7.42. The number of hydrogen-bond donors (Lipinski definition) is 1. The van der Waals surface area contributed by atoms with E-state index in [1.54, 1.807) is 0 Å². The van der Waals surface area contributed by atoms with E-state index in [4.69, 9.17) is 9.90 Å². The molecule has 6 heavy (non-hydrogen) atoms. The third-order valence-corrected chi connectivity index (χ3v) is 0. The molecule has 0 aliphatic carbocycles. The van der Waals surface area contributed by atoms with E-state index in [0.717, 1.165) is 16.5 Å². The van der Waals surface area contributed by atoms with Crippen molar-refractivity contribution in [3.8, 4) is 0 Å². The van der Waals surface area contributed by atoms with E-state index < -0.39 is 4.80 Å². The molecule has 0 aliphatic rings. The average molecular weight is 148 g/mol. The van der Waals surface area contributed by atoms with Crippen molar-refractivity contribution in [1.29, 1.82) is 0 Å². The normalized spacial score (nSPS) is 5.17. The van der Waals surface area contributed by atoms with Gasteiger partial charge in [0.15, 0.2) is 0 Å². The topological polar surface area (TPSA) is 37.3 Å². The Morgan fingerprint density at radius 2 is 1.67 bits per heavy atom. The molecule has 0 fully saturated rings. The van der Waals surface area contributed by atoms with Gasteiger partial charge in [-0.25, -0.2) is 0 Å². The molecule has 35 valence electrons. The molecular weight excluding hydrogens is 141 g/mol. The molecule has 0 unspecified atom stereocenters. The predicted molar refractivity (Wildman–Crippen MR) is 25.1 cm³/mol. The minimum atomic E-state index is -0.833. The van der Waals surface area contributed by atoms with Crippen molar-refractivity contribution in [3.05, 3.63) is 0 Å². The van der Waals surface area contributed by atoms with Crippen molar-refractivity contribution in [3.63, 3.8) is 0 Å². The molecule has 0 heterocycles. The van der Waals surface area contributed by atoms with E-state index in [2.05, 4.69) is 0 Å². The second kappa shape index (κ2) is 8.89. The molecule has 0 saturated heterocycles. The second-order valence-electron chi connectivity index (χ2n) is 0.305. The van der Waals surface area contributed by atoms with Gasteiger partial charge in [-0.15, -0.1) is 0 Å². The Kier molecular flexibility index (Phi) is 13.9. The van der Waals surface area contributed by atoms with Crippen LogP contribution in [0.2, 0.25) is 0 Å². The van der Waals surface area contributed by atoms with Crippen LogP contribution in [0.3, 0.4) is 0 Å². The Morgan fingerprint density at radius 1 is 1.67 bits per heavy atom. The van der Waals surface area contributed by atoms with Crippen molar-refractivity contribution < 1.29 is 9.90 Å². The van der Waals surface area contributed by atoms with Crippen LogP contribution in [0.1, 0.15) is 13.8 Å². The van der Waals surface area contributed by atoms with Gasteiger partial charge in [0, 0.05) is 0 Å². The van der Waals surface area contributed by atoms with Crippen molar-refractivity contribution in [1.82, 2.24) is 0 Å². The van der Waals surface area contributed by atoms with Crippen molar-refractivity contribution in [2.24, 2.45) is 0 Å². The van der Waals surface area contributed by atoms with Gasteiger partial charge in [0.25, 0.3) is 0 Å². The molecule has 0 saturated carbocycles. The van der Waals surface area contributed by atoms with Crippen LogP contribution in [-0.4, -0.2) is 26.4 Å². The zero-order chi connectivity index (χ0) is 5.58. The summed E-state index contributed by atoms with van der Waals surface area (Å²) in [6.07, 6.45) is 0. The molecule has 3 heteroatoms. The van der Waals surface area contributed by atoms with Crippen molar-refractivity contribution >= 4 is 21.3 Å². The predicted octanol–water partition coefficient (Wildman–Crippen LogP) is 0.859. The number of rotatable bonds is 0. The molecular formula is C3H7GeO2. The molecule has 0 bridgehead atoms. The fourth-order valence-electron chi connectivity index (χ4n) is 0. The Balaban J connectivity index is 0. The number of hydrogen-bond acceptors (Lipinski definition) is 1. The Hall–Kier alpha value is 0.0129. The first-order chi connectivity index (χ1) is 2.73. The van der Waals surface area contributed by atoms with Crippen LogP contribution in [0, 0.1) is 0 Å². The molecule has 0 aliphatic heterocycles. The summed E-state index contributed by atoms with van der Waals surface area (Å²) < 4.78 is 0. The summed E-state index contributed by atoms with van der Waals surface area (Å²) in [4.78, 5) is 8.17. The van der Waals surface area contributed by atoms with E-state index in [1.165, 1.54) is 0 Å². The first-order valence-electron chi connectivity index (χ1n) is 1.68. The zero-order valence-electron chi connectivity index (χ0n) is 3.86. The molecule has 0 atom stereocenters. The van der Waals surface area contributed by atoms with Crippen LogP contribution in [0.4, 0.5) is 4.79 Å². The SMILES string of the molecule is CC.O=[C](O)[Ge]. The summed E-state index contributed by atoms with van der Waals surface area (Å²) in [5.41, 5.74) is 0. The van der Waals surface area contributed by atoms with Gasteiger partial charge in [0.05, 0.1) is 0 Å². The standard InChI is InChI=1S/C2H6.CHGeO2/c1-2;2-1(3)4/h1-2H3;(H,3,4). The fourth-order valence-corrected chi connectivity index (χ4v) is 0. The van der Waals surface area contributed by atoms with Crippen LogP contribution in [0.5, 0.6) is 0 Å². The summed E-state index contributed by atoms with van der Waals surface area (Å²) in [6, 6.07) is 0. The summed E-state index contributed by atoms with van der Waals surface area (Å²) >= 11 is 1.08. The maximum absolute atomic E-state index is 9.00. The molecule has 0 amide bonds. The van der Waals surface area contributed by atoms with Gasteiger partial charge < -0.3 is 0 Å². The fraction of sp³-hybridized carbons (Fsp3) is 0.667. The second-order valence-corrected chi connectivity index (χ2v) is 1.20. The van der Waals surface area contributed by atoms with E-state index in [1.807, 2.05) is 13.8 Å². The third-order valence-electron chi connectivity index (χ3n) is 0. The van der Waals surface area contributed by atoms with Gasteiger partial charge in [-0.3, -0.25) is 0 Å². The number of carboxylic acid groups (broad SMARTS) is 1.